The standard InChI is InChI=1S/C16H21N3/c1-18(11-6-5-10-17)12-9-14-13-19(2)16-8-4-3-7-15(14)16/h3-4,7-8,13H,5-6,9,11-12H2,1-2H3. The number of hydrogen-bond acceptors (Lipinski definition) is 2. The Kier molecular flexibility index (Phi) is 4.59. The molecule has 0 fully saturated rings. The van der Waals surface area contributed by atoms with Gasteiger partial charge in [0.2, 0.25) is 0 Å². The second kappa shape index (κ2) is 6.40. The Morgan fingerprint density at radius 2 is 2.05 bits per heavy atom. The minimum atomic E-state index is 0.651. The highest BCUT2D eigenvalue weighted by Gasteiger charge is 2.06. The van der Waals surface area contributed by atoms with Gasteiger partial charge in [-0.2, -0.15) is 5.26 Å². The van der Waals surface area contributed by atoms with Gasteiger partial charge in [-0.25, -0.2) is 0 Å². The van der Waals surface area contributed by atoms with E-state index in [4.69, 9.17) is 5.26 Å². The monoisotopic (exact) mass is 255 g/mol. The van der Waals surface area contributed by atoms with Crippen LogP contribution in [0.3, 0.4) is 0 Å². The molecule has 0 saturated carbocycles. The van der Waals surface area contributed by atoms with E-state index in [0.717, 1.165) is 25.9 Å². The predicted molar refractivity (Wildman–Crippen MR) is 79.0 cm³/mol. The fourth-order valence-corrected chi connectivity index (χ4v) is 2.48. The molecule has 0 spiro atoms. The van der Waals surface area contributed by atoms with Crippen LogP contribution in [0.15, 0.2) is 30.5 Å². The molecule has 0 saturated heterocycles. The molecule has 1 heterocycles. The van der Waals surface area contributed by atoms with Gasteiger partial charge >= 0.3 is 0 Å². The van der Waals surface area contributed by atoms with Crippen molar-refractivity contribution < 1.29 is 0 Å². The first-order valence-electron chi connectivity index (χ1n) is 6.81. The van der Waals surface area contributed by atoms with Crippen LogP contribution in [0, 0.1) is 11.3 Å². The third kappa shape index (κ3) is 3.36. The molecule has 1 aromatic heterocycles. The van der Waals surface area contributed by atoms with Crippen LogP contribution in [0.25, 0.3) is 10.9 Å². The van der Waals surface area contributed by atoms with E-state index in [0.29, 0.717) is 6.42 Å². The first-order valence-corrected chi connectivity index (χ1v) is 6.81. The largest absolute Gasteiger partial charge is 0.350 e. The van der Waals surface area contributed by atoms with Crippen LogP contribution in [0.2, 0.25) is 0 Å². The number of aromatic nitrogens is 1. The van der Waals surface area contributed by atoms with E-state index in [2.05, 4.69) is 60.1 Å². The highest BCUT2D eigenvalue weighted by Crippen LogP contribution is 2.20. The summed E-state index contributed by atoms with van der Waals surface area (Å²) in [5.74, 6) is 0. The smallest absolute Gasteiger partial charge is 0.0622 e. The molecule has 0 radical (unpaired) electrons. The molecule has 0 N–H and O–H groups in total. The van der Waals surface area contributed by atoms with Crippen LogP contribution in [-0.4, -0.2) is 29.6 Å². The Hall–Kier alpha value is -1.79. The molecular formula is C16H21N3. The van der Waals surface area contributed by atoms with Crippen molar-refractivity contribution in [1.82, 2.24) is 9.47 Å². The van der Waals surface area contributed by atoms with Crippen molar-refractivity contribution in [3.63, 3.8) is 0 Å². The average molecular weight is 255 g/mol. The van der Waals surface area contributed by atoms with E-state index >= 15 is 0 Å². The third-order valence-corrected chi connectivity index (χ3v) is 3.57. The lowest BCUT2D eigenvalue weighted by atomic mass is 10.1. The molecule has 0 aliphatic rings. The van der Waals surface area contributed by atoms with E-state index < -0.39 is 0 Å². The molecule has 19 heavy (non-hydrogen) atoms. The summed E-state index contributed by atoms with van der Waals surface area (Å²) in [4.78, 5) is 2.30. The molecule has 100 valence electrons. The highest BCUT2D eigenvalue weighted by molar-refractivity contribution is 5.83. The lowest BCUT2D eigenvalue weighted by Crippen LogP contribution is -2.22. The van der Waals surface area contributed by atoms with Crippen molar-refractivity contribution in [2.75, 3.05) is 20.1 Å². The van der Waals surface area contributed by atoms with E-state index in [1.54, 1.807) is 0 Å². The van der Waals surface area contributed by atoms with E-state index in [1.165, 1.54) is 16.5 Å². The summed E-state index contributed by atoms with van der Waals surface area (Å²) in [7, 11) is 4.23. The van der Waals surface area contributed by atoms with Crippen LogP contribution in [0.4, 0.5) is 0 Å². The second-order valence-electron chi connectivity index (χ2n) is 5.10. The van der Waals surface area contributed by atoms with E-state index in [-0.39, 0.29) is 0 Å². The maximum atomic E-state index is 8.54. The summed E-state index contributed by atoms with van der Waals surface area (Å²) in [6, 6.07) is 10.7. The normalized spacial score (nSPS) is 11.1. The van der Waals surface area contributed by atoms with Crippen molar-refractivity contribution in [2.45, 2.75) is 19.3 Å². The van der Waals surface area contributed by atoms with E-state index in [1.807, 2.05) is 0 Å². The minimum absolute atomic E-state index is 0.651. The van der Waals surface area contributed by atoms with Gasteiger partial charge in [0.1, 0.15) is 0 Å². The Morgan fingerprint density at radius 1 is 1.26 bits per heavy atom. The van der Waals surface area contributed by atoms with E-state index in [9.17, 15) is 0 Å². The zero-order chi connectivity index (χ0) is 13.7. The zero-order valence-electron chi connectivity index (χ0n) is 11.8. The summed E-state index contributed by atoms with van der Waals surface area (Å²) in [5.41, 5.74) is 2.70. The number of hydrogen-bond donors (Lipinski definition) is 0. The summed E-state index contributed by atoms with van der Waals surface area (Å²) in [6.07, 6.45) is 4.90. The molecule has 1 aromatic carbocycles. The second-order valence-corrected chi connectivity index (χ2v) is 5.10. The minimum Gasteiger partial charge on any atom is -0.350 e. The van der Waals surface area contributed by atoms with Gasteiger partial charge in [0.25, 0.3) is 0 Å². The Balaban J connectivity index is 1.97. The molecule has 2 rings (SSSR count). The van der Waals surface area contributed by atoms with Crippen LogP contribution < -0.4 is 0 Å². The van der Waals surface area contributed by atoms with Gasteiger partial charge in [-0.05, 0) is 38.1 Å². The summed E-state index contributed by atoms with van der Waals surface area (Å²) in [5, 5.41) is 9.89. The van der Waals surface area contributed by atoms with Gasteiger partial charge in [-0.1, -0.05) is 18.2 Å². The fourth-order valence-electron chi connectivity index (χ4n) is 2.48. The molecule has 0 bridgehead atoms. The lowest BCUT2D eigenvalue weighted by molar-refractivity contribution is 0.335. The van der Waals surface area contributed by atoms with Gasteiger partial charge in [-0.15, -0.1) is 0 Å². The Bertz CT molecular complexity index is 577. The molecule has 0 unspecified atom stereocenters. The summed E-state index contributed by atoms with van der Waals surface area (Å²) in [6.45, 7) is 2.04. The number of aryl methyl sites for hydroxylation is 1. The molecule has 2 aromatic rings. The molecular weight excluding hydrogens is 234 g/mol. The van der Waals surface area contributed by atoms with Crippen molar-refractivity contribution in [3.8, 4) is 6.07 Å². The first kappa shape index (κ1) is 13.6. The quantitative estimate of drug-likeness (QED) is 0.743. The van der Waals surface area contributed by atoms with Crippen molar-refractivity contribution >= 4 is 10.9 Å². The molecule has 0 amide bonds. The SMILES string of the molecule is CN(CCCC#N)CCc1cn(C)c2ccccc12. The number of fused-ring (bicyclic) bond motifs is 1. The zero-order valence-corrected chi connectivity index (χ0v) is 11.8. The van der Waals surface area contributed by atoms with Gasteiger partial charge in [0.15, 0.2) is 0 Å². The van der Waals surface area contributed by atoms with Gasteiger partial charge in [0, 0.05) is 37.1 Å². The lowest BCUT2D eigenvalue weighted by Gasteiger charge is -2.15. The predicted octanol–water partition coefficient (Wildman–Crippen LogP) is 2.96. The number of nitrogens with zero attached hydrogens (tertiary/aromatic N) is 3. The van der Waals surface area contributed by atoms with Gasteiger partial charge in [0.05, 0.1) is 6.07 Å². The number of likely N-dealkylation sites (N-methyl/N-ethyl adjacent to an activating group) is 1. The van der Waals surface area contributed by atoms with Crippen molar-refractivity contribution in [1.29, 1.82) is 5.26 Å². The van der Waals surface area contributed by atoms with Crippen LogP contribution in [0.1, 0.15) is 18.4 Å². The maximum Gasteiger partial charge on any atom is 0.0622 e. The van der Waals surface area contributed by atoms with Crippen LogP contribution in [0.5, 0.6) is 0 Å². The maximum absolute atomic E-state index is 8.54. The van der Waals surface area contributed by atoms with Gasteiger partial charge in [-0.3, -0.25) is 0 Å². The summed E-state index contributed by atoms with van der Waals surface area (Å²) < 4.78 is 2.19. The molecule has 3 heteroatoms. The number of unbranched alkanes of at least 4 members (excludes halogenated alkanes) is 1. The fraction of sp³-hybridized carbons (Fsp3) is 0.438. The average Bonchev–Trinajstić information content (AvgIpc) is 2.74. The van der Waals surface area contributed by atoms with Crippen LogP contribution in [-0.2, 0) is 13.5 Å². The first-order chi connectivity index (χ1) is 9.22. The summed E-state index contributed by atoms with van der Waals surface area (Å²) >= 11 is 0. The molecule has 0 aliphatic carbocycles. The molecule has 0 atom stereocenters. The van der Waals surface area contributed by atoms with Crippen molar-refractivity contribution in [2.24, 2.45) is 7.05 Å². The Labute approximate surface area is 115 Å². The van der Waals surface area contributed by atoms with Crippen molar-refractivity contribution in [3.05, 3.63) is 36.0 Å². The number of para-hydroxylation sites is 1. The number of rotatable bonds is 6. The topological polar surface area (TPSA) is 32.0 Å². The third-order valence-electron chi connectivity index (χ3n) is 3.57. The number of nitriles is 1. The number of benzene rings is 1. The highest BCUT2D eigenvalue weighted by atomic mass is 15.1. The Morgan fingerprint density at radius 3 is 2.84 bits per heavy atom. The molecule has 0 aliphatic heterocycles. The van der Waals surface area contributed by atoms with Gasteiger partial charge < -0.3 is 9.47 Å². The molecule has 3 nitrogen and oxygen atoms in total. The van der Waals surface area contributed by atoms with Crippen LogP contribution >= 0.6 is 0 Å².